The Labute approximate surface area is 131 Å². The van der Waals surface area contributed by atoms with Crippen molar-refractivity contribution < 1.29 is 4.79 Å². The number of anilines is 2. The maximum atomic E-state index is 12.2. The number of unbranched alkanes of at least 4 members (excludes halogenated alkanes) is 1. The van der Waals surface area contributed by atoms with E-state index in [1.807, 2.05) is 31.2 Å². The maximum Gasteiger partial charge on any atom is 0.274 e. The summed E-state index contributed by atoms with van der Waals surface area (Å²) in [6, 6.07) is 11.5. The third kappa shape index (κ3) is 4.28. The lowest BCUT2D eigenvalue weighted by atomic mass is 10.2. The number of hydrogen-bond donors (Lipinski definition) is 1. The highest BCUT2D eigenvalue weighted by molar-refractivity contribution is 5.92. The van der Waals surface area contributed by atoms with Crippen molar-refractivity contribution in [3.05, 3.63) is 47.7 Å². The van der Waals surface area contributed by atoms with Crippen LogP contribution >= 0.6 is 0 Å². The fourth-order valence-electron chi connectivity index (χ4n) is 1.99. The Morgan fingerprint density at radius 1 is 1.14 bits per heavy atom. The van der Waals surface area contributed by atoms with E-state index in [0.29, 0.717) is 11.5 Å². The van der Waals surface area contributed by atoms with Gasteiger partial charge in [0.25, 0.3) is 5.91 Å². The fourth-order valence-corrected chi connectivity index (χ4v) is 1.99. The summed E-state index contributed by atoms with van der Waals surface area (Å²) < 4.78 is 0. The average Bonchev–Trinajstić information content (AvgIpc) is 2.55. The summed E-state index contributed by atoms with van der Waals surface area (Å²) in [4.78, 5) is 13.8. The van der Waals surface area contributed by atoms with Crippen molar-refractivity contribution in [2.45, 2.75) is 26.7 Å². The van der Waals surface area contributed by atoms with Gasteiger partial charge in [0, 0.05) is 19.3 Å². The Morgan fingerprint density at radius 3 is 2.45 bits per heavy atom. The first kappa shape index (κ1) is 15.9. The van der Waals surface area contributed by atoms with Crippen molar-refractivity contribution in [3.63, 3.8) is 0 Å². The molecule has 0 aliphatic heterocycles. The molecule has 2 rings (SSSR count). The van der Waals surface area contributed by atoms with Crippen LogP contribution in [0.25, 0.3) is 0 Å². The third-order valence-corrected chi connectivity index (χ3v) is 3.40. The Morgan fingerprint density at radius 2 is 1.86 bits per heavy atom. The highest BCUT2D eigenvalue weighted by atomic mass is 16.2. The molecule has 1 N–H and O–H groups in total. The number of carbonyl (C=O) groups is 1. The van der Waals surface area contributed by atoms with Gasteiger partial charge in [-0.1, -0.05) is 31.0 Å². The van der Waals surface area contributed by atoms with Crippen LogP contribution in [-0.4, -0.2) is 34.6 Å². The standard InChI is InChI=1S/C17H22N4O/c1-4-5-12-21(3)17(22)15-10-11-16(20-19-15)18-14-8-6-13(2)7-9-14/h6-11H,4-5,12H2,1-3H3,(H,18,20). The summed E-state index contributed by atoms with van der Waals surface area (Å²) in [5.74, 6) is 0.527. The minimum atomic E-state index is -0.0946. The lowest BCUT2D eigenvalue weighted by molar-refractivity contribution is 0.0786. The zero-order valence-corrected chi connectivity index (χ0v) is 13.3. The van der Waals surface area contributed by atoms with E-state index in [-0.39, 0.29) is 5.91 Å². The van der Waals surface area contributed by atoms with Crippen LogP contribution < -0.4 is 5.32 Å². The Hall–Kier alpha value is -2.43. The van der Waals surface area contributed by atoms with Crippen LogP contribution in [0.1, 0.15) is 35.8 Å². The molecule has 0 bridgehead atoms. The quantitative estimate of drug-likeness (QED) is 0.888. The molecule has 0 saturated carbocycles. The second-order valence-electron chi connectivity index (χ2n) is 5.38. The van der Waals surface area contributed by atoms with Gasteiger partial charge in [-0.3, -0.25) is 4.79 Å². The first-order chi connectivity index (χ1) is 10.6. The Balaban J connectivity index is 2.00. The average molecular weight is 298 g/mol. The molecule has 0 aliphatic rings. The fraction of sp³-hybridized carbons (Fsp3) is 0.353. The molecule has 1 aromatic heterocycles. The molecule has 0 unspecified atom stereocenters. The largest absolute Gasteiger partial charge is 0.340 e. The summed E-state index contributed by atoms with van der Waals surface area (Å²) in [5.41, 5.74) is 2.51. The molecule has 0 spiro atoms. The molecular formula is C17H22N4O. The summed E-state index contributed by atoms with van der Waals surface area (Å²) in [6.45, 7) is 4.88. The van der Waals surface area contributed by atoms with E-state index in [9.17, 15) is 4.79 Å². The van der Waals surface area contributed by atoms with Crippen molar-refractivity contribution in [2.24, 2.45) is 0 Å². The Kier molecular flexibility index (Phi) is 5.47. The van der Waals surface area contributed by atoms with Gasteiger partial charge in [-0.05, 0) is 37.6 Å². The second-order valence-corrected chi connectivity index (χ2v) is 5.38. The van der Waals surface area contributed by atoms with Gasteiger partial charge < -0.3 is 10.2 Å². The highest BCUT2D eigenvalue weighted by Crippen LogP contribution is 2.14. The number of carbonyl (C=O) groups excluding carboxylic acids is 1. The summed E-state index contributed by atoms with van der Waals surface area (Å²) in [6.07, 6.45) is 2.05. The minimum absolute atomic E-state index is 0.0946. The van der Waals surface area contributed by atoms with Gasteiger partial charge in [-0.25, -0.2) is 0 Å². The van der Waals surface area contributed by atoms with Gasteiger partial charge in [-0.2, -0.15) is 0 Å². The van der Waals surface area contributed by atoms with Crippen LogP contribution in [0.15, 0.2) is 36.4 Å². The first-order valence-electron chi connectivity index (χ1n) is 7.53. The Bertz CT molecular complexity index is 608. The van der Waals surface area contributed by atoms with E-state index in [1.54, 1.807) is 24.1 Å². The molecule has 22 heavy (non-hydrogen) atoms. The van der Waals surface area contributed by atoms with E-state index in [2.05, 4.69) is 22.4 Å². The van der Waals surface area contributed by atoms with Crippen LogP contribution in [0.2, 0.25) is 0 Å². The molecule has 1 amide bonds. The zero-order valence-electron chi connectivity index (χ0n) is 13.3. The molecular weight excluding hydrogens is 276 g/mol. The molecule has 5 heteroatoms. The lowest BCUT2D eigenvalue weighted by Crippen LogP contribution is -2.28. The number of hydrogen-bond acceptors (Lipinski definition) is 4. The van der Waals surface area contributed by atoms with Gasteiger partial charge in [0.05, 0.1) is 0 Å². The number of benzene rings is 1. The van der Waals surface area contributed by atoms with Gasteiger partial charge in [0.1, 0.15) is 0 Å². The van der Waals surface area contributed by atoms with Gasteiger partial charge in [0.2, 0.25) is 0 Å². The van der Waals surface area contributed by atoms with Crippen molar-refractivity contribution in [2.75, 3.05) is 18.9 Å². The third-order valence-electron chi connectivity index (χ3n) is 3.40. The monoisotopic (exact) mass is 298 g/mol. The number of amides is 1. The summed E-state index contributed by atoms with van der Waals surface area (Å²) in [5, 5.41) is 11.3. The van der Waals surface area contributed by atoms with Crippen LogP contribution in [0.3, 0.4) is 0 Å². The second kappa shape index (κ2) is 7.54. The van der Waals surface area contributed by atoms with E-state index >= 15 is 0 Å². The molecule has 2 aromatic rings. The summed E-state index contributed by atoms with van der Waals surface area (Å²) in [7, 11) is 1.79. The zero-order chi connectivity index (χ0) is 15.9. The molecule has 0 atom stereocenters. The number of nitrogens with zero attached hydrogens (tertiary/aromatic N) is 3. The molecule has 0 fully saturated rings. The molecule has 0 saturated heterocycles. The molecule has 5 nitrogen and oxygen atoms in total. The van der Waals surface area contributed by atoms with E-state index in [1.165, 1.54) is 5.56 Å². The number of aromatic nitrogens is 2. The maximum absolute atomic E-state index is 12.2. The van der Waals surface area contributed by atoms with Crippen LogP contribution in [0.5, 0.6) is 0 Å². The van der Waals surface area contributed by atoms with Gasteiger partial charge in [-0.15, -0.1) is 10.2 Å². The van der Waals surface area contributed by atoms with Crippen molar-refractivity contribution in [1.82, 2.24) is 15.1 Å². The van der Waals surface area contributed by atoms with E-state index < -0.39 is 0 Å². The normalized spacial score (nSPS) is 10.3. The van der Waals surface area contributed by atoms with Crippen molar-refractivity contribution in [3.8, 4) is 0 Å². The molecule has 0 radical (unpaired) electrons. The van der Waals surface area contributed by atoms with Crippen LogP contribution in [0.4, 0.5) is 11.5 Å². The predicted molar refractivity (Wildman–Crippen MR) is 88.4 cm³/mol. The van der Waals surface area contributed by atoms with Crippen molar-refractivity contribution >= 4 is 17.4 Å². The smallest absolute Gasteiger partial charge is 0.274 e. The summed E-state index contributed by atoms with van der Waals surface area (Å²) >= 11 is 0. The van der Waals surface area contributed by atoms with Crippen molar-refractivity contribution in [1.29, 1.82) is 0 Å². The number of rotatable bonds is 6. The molecule has 116 valence electrons. The SMILES string of the molecule is CCCCN(C)C(=O)c1ccc(Nc2ccc(C)cc2)nn1. The predicted octanol–water partition coefficient (Wildman–Crippen LogP) is 3.40. The number of aryl methyl sites for hydroxylation is 1. The van der Waals surface area contributed by atoms with E-state index in [4.69, 9.17) is 0 Å². The number of nitrogens with one attached hydrogen (secondary N) is 1. The van der Waals surface area contributed by atoms with Gasteiger partial charge >= 0.3 is 0 Å². The molecule has 0 aliphatic carbocycles. The van der Waals surface area contributed by atoms with Crippen LogP contribution in [0, 0.1) is 6.92 Å². The molecule has 1 aromatic carbocycles. The minimum Gasteiger partial charge on any atom is -0.340 e. The first-order valence-corrected chi connectivity index (χ1v) is 7.53. The molecule has 1 heterocycles. The topological polar surface area (TPSA) is 58.1 Å². The lowest BCUT2D eigenvalue weighted by Gasteiger charge is -2.15. The van der Waals surface area contributed by atoms with E-state index in [0.717, 1.165) is 25.1 Å². The van der Waals surface area contributed by atoms with Crippen LogP contribution in [-0.2, 0) is 0 Å². The highest BCUT2D eigenvalue weighted by Gasteiger charge is 2.13. The van der Waals surface area contributed by atoms with Gasteiger partial charge in [0.15, 0.2) is 11.5 Å².